The predicted molar refractivity (Wildman–Crippen MR) is 60.6 cm³/mol. The van der Waals surface area contributed by atoms with Crippen LogP contribution >= 0.6 is 0 Å². The van der Waals surface area contributed by atoms with E-state index in [0.717, 1.165) is 12.8 Å². The van der Waals surface area contributed by atoms with E-state index in [9.17, 15) is 9.59 Å². The van der Waals surface area contributed by atoms with E-state index in [1.165, 1.54) is 0 Å². The van der Waals surface area contributed by atoms with Crippen LogP contribution in [-0.2, 0) is 9.59 Å². The smallest absolute Gasteiger partial charge is 0.243 e. The molecule has 2 aliphatic rings. The first-order valence-electron chi connectivity index (χ1n) is 5.85. The second kappa shape index (κ2) is 4.28. The second-order valence-electron chi connectivity index (χ2n) is 4.80. The van der Waals surface area contributed by atoms with E-state index in [-0.39, 0.29) is 36.4 Å². The van der Waals surface area contributed by atoms with Crippen LogP contribution in [0.1, 0.15) is 26.7 Å². The summed E-state index contributed by atoms with van der Waals surface area (Å²) in [7, 11) is 0. The van der Waals surface area contributed by atoms with Crippen LogP contribution in [-0.4, -0.2) is 35.3 Å². The molecular formula is C12H18N2O2. The third-order valence-corrected chi connectivity index (χ3v) is 3.28. The predicted octanol–water partition coefficient (Wildman–Crippen LogP) is 0.688. The number of nitrogens with zero attached hydrogens (tertiary/aromatic N) is 1. The summed E-state index contributed by atoms with van der Waals surface area (Å²) in [5, 5.41) is 2.67. The molecule has 0 aromatic rings. The summed E-state index contributed by atoms with van der Waals surface area (Å²) in [6.07, 6.45) is 5.92. The van der Waals surface area contributed by atoms with E-state index in [0.29, 0.717) is 0 Å². The molecule has 4 heteroatoms. The molecule has 88 valence electrons. The highest BCUT2D eigenvalue weighted by molar-refractivity contribution is 5.95. The zero-order chi connectivity index (χ0) is 11.7. The quantitative estimate of drug-likeness (QED) is 0.699. The van der Waals surface area contributed by atoms with Gasteiger partial charge in [0.05, 0.1) is 6.54 Å². The lowest BCUT2D eigenvalue weighted by atomic mass is 9.96. The molecule has 1 heterocycles. The molecule has 2 rings (SSSR count). The molecule has 1 unspecified atom stereocenters. The van der Waals surface area contributed by atoms with Crippen molar-refractivity contribution in [2.24, 2.45) is 5.92 Å². The van der Waals surface area contributed by atoms with Crippen molar-refractivity contribution < 1.29 is 9.59 Å². The summed E-state index contributed by atoms with van der Waals surface area (Å²) < 4.78 is 0. The van der Waals surface area contributed by atoms with Crippen LogP contribution in [0.2, 0.25) is 0 Å². The summed E-state index contributed by atoms with van der Waals surface area (Å²) >= 11 is 0. The van der Waals surface area contributed by atoms with Crippen molar-refractivity contribution in [1.29, 1.82) is 0 Å². The van der Waals surface area contributed by atoms with Gasteiger partial charge in [-0.05, 0) is 18.8 Å². The maximum Gasteiger partial charge on any atom is 0.243 e. The molecule has 4 nitrogen and oxygen atoms in total. The van der Waals surface area contributed by atoms with Crippen LogP contribution in [0.4, 0.5) is 0 Å². The first-order valence-corrected chi connectivity index (χ1v) is 5.85. The number of carbonyl (C=O) groups excluding carboxylic acids is 2. The number of piperazine rings is 1. The average Bonchev–Trinajstić information content (AvgIpc) is 2.73. The SMILES string of the molecule is CC(C)C1C(=O)NCC(=O)N1C1CC=CC1. The lowest BCUT2D eigenvalue weighted by Crippen LogP contribution is -2.62. The van der Waals surface area contributed by atoms with E-state index in [1.54, 1.807) is 4.90 Å². The Morgan fingerprint density at radius 2 is 1.94 bits per heavy atom. The largest absolute Gasteiger partial charge is 0.345 e. The van der Waals surface area contributed by atoms with Gasteiger partial charge in [-0.15, -0.1) is 0 Å². The number of rotatable bonds is 2. The zero-order valence-corrected chi connectivity index (χ0v) is 9.77. The van der Waals surface area contributed by atoms with Gasteiger partial charge in [-0.2, -0.15) is 0 Å². The molecule has 1 N–H and O–H groups in total. The van der Waals surface area contributed by atoms with Gasteiger partial charge in [0.15, 0.2) is 0 Å². The van der Waals surface area contributed by atoms with Crippen LogP contribution in [0.25, 0.3) is 0 Å². The molecule has 1 aliphatic carbocycles. The maximum atomic E-state index is 11.9. The summed E-state index contributed by atoms with van der Waals surface area (Å²) in [6, 6.07) is -0.114. The van der Waals surface area contributed by atoms with Gasteiger partial charge in [0, 0.05) is 6.04 Å². The van der Waals surface area contributed by atoms with E-state index < -0.39 is 0 Å². The summed E-state index contributed by atoms with van der Waals surface area (Å²) in [5.74, 6) is 0.193. The highest BCUT2D eigenvalue weighted by Crippen LogP contribution is 2.24. The molecule has 0 aromatic heterocycles. The molecule has 0 saturated carbocycles. The van der Waals surface area contributed by atoms with Crippen molar-refractivity contribution in [1.82, 2.24) is 10.2 Å². The minimum atomic E-state index is -0.300. The van der Waals surface area contributed by atoms with Gasteiger partial charge in [0.2, 0.25) is 11.8 Å². The fraction of sp³-hybridized carbons (Fsp3) is 0.667. The Kier molecular flexibility index (Phi) is 2.99. The Morgan fingerprint density at radius 1 is 1.31 bits per heavy atom. The third-order valence-electron chi connectivity index (χ3n) is 3.28. The average molecular weight is 222 g/mol. The molecule has 0 aromatic carbocycles. The first kappa shape index (κ1) is 11.2. The van der Waals surface area contributed by atoms with Crippen molar-refractivity contribution in [3.05, 3.63) is 12.2 Å². The normalized spacial score (nSPS) is 26.7. The molecular weight excluding hydrogens is 204 g/mol. The van der Waals surface area contributed by atoms with E-state index >= 15 is 0 Å². The lowest BCUT2D eigenvalue weighted by molar-refractivity contribution is -0.150. The maximum absolute atomic E-state index is 11.9. The first-order chi connectivity index (χ1) is 7.61. The Morgan fingerprint density at radius 3 is 2.50 bits per heavy atom. The zero-order valence-electron chi connectivity index (χ0n) is 9.77. The Bertz CT molecular complexity index is 328. The van der Waals surface area contributed by atoms with Crippen LogP contribution < -0.4 is 5.32 Å². The number of hydrogen-bond donors (Lipinski definition) is 1. The van der Waals surface area contributed by atoms with Crippen LogP contribution in [0.3, 0.4) is 0 Å². The highest BCUT2D eigenvalue weighted by Gasteiger charge is 2.40. The van der Waals surface area contributed by atoms with Crippen LogP contribution in [0, 0.1) is 5.92 Å². The van der Waals surface area contributed by atoms with Gasteiger partial charge >= 0.3 is 0 Å². The van der Waals surface area contributed by atoms with Gasteiger partial charge in [-0.3, -0.25) is 9.59 Å². The van der Waals surface area contributed by atoms with Crippen LogP contribution in [0.15, 0.2) is 12.2 Å². The minimum Gasteiger partial charge on any atom is -0.345 e. The Hall–Kier alpha value is -1.32. The topological polar surface area (TPSA) is 49.4 Å². The Balaban J connectivity index is 2.21. The van der Waals surface area contributed by atoms with E-state index in [2.05, 4.69) is 17.5 Å². The molecule has 16 heavy (non-hydrogen) atoms. The van der Waals surface area contributed by atoms with Gasteiger partial charge < -0.3 is 10.2 Å². The van der Waals surface area contributed by atoms with Gasteiger partial charge in [0.25, 0.3) is 0 Å². The number of hydrogen-bond acceptors (Lipinski definition) is 2. The molecule has 0 bridgehead atoms. The van der Waals surface area contributed by atoms with Crippen molar-refractivity contribution >= 4 is 11.8 Å². The van der Waals surface area contributed by atoms with Crippen molar-refractivity contribution in [3.8, 4) is 0 Å². The molecule has 1 fully saturated rings. The van der Waals surface area contributed by atoms with Gasteiger partial charge in [0.1, 0.15) is 6.04 Å². The molecule has 1 atom stereocenters. The number of nitrogens with one attached hydrogen (secondary N) is 1. The monoisotopic (exact) mass is 222 g/mol. The standard InChI is InChI=1S/C12H18N2O2/c1-8(2)11-12(16)13-7-10(15)14(11)9-5-3-4-6-9/h3-4,8-9,11H,5-7H2,1-2H3,(H,13,16). The lowest BCUT2D eigenvalue weighted by Gasteiger charge is -2.41. The third kappa shape index (κ3) is 1.84. The number of amides is 2. The Labute approximate surface area is 95.7 Å². The minimum absolute atomic E-state index is 0.0125. The molecule has 1 aliphatic heterocycles. The fourth-order valence-electron chi connectivity index (χ4n) is 2.52. The number of carbonyl (C=O) groups is 2. The summed E-state index contributed by atoms with van der Waals surface area (Å²) in [5.41, 5.74) is 0. The van der Waals surface area contributed by atoms with Gasteiger partial charge in [-0.25, -0.2) is 0 Å². The van der Waals surface area contributed by atoms with Crippen molar-refractivity contribution in [3.63, 3.8) is 0 Å². The molecule has 2 amide bonds. The summed E-state index contributed by atoms with van der Waals surface area (Å²) in [6.45, 7) is 4.12. The van der Waals surface area contributed by atoms with E-state index in [4.69, 9.17) is 0 Å². The molecule has 0 spiro atoms. The van der Waals surface area contributed by atoms with Gasteiger partial charge in [-0.1, -0.05) is 26.0 Å². The molecule has 1 saturated heterocycles. The molecule has 0 radical (unpaired) electrons. The van der Waals surface area contributed by atoms with E-state index in [1.807, 2.05) is 13.8 Å². The highest BCUT2D eigenvalue weighted by atomic mass is 16.2. The summed E-state index contributed by atoms with van der Waals surface area (Å²) in [4.78, 5) is 25.5. The van der Waals surface area contributed by atoms with Crippen molar-refractivity contribution in [2.45, 2.75) is 38.8 Å². The van der Waals surface area contributed by atoms with Crippen molar-refractivity contribution in [2.75, 3.05) is 6.54 Å². The second-order valence-corrected chi connectivity index (χ2v) is 4.80. The van der Waals surface area contributed by atoms with Crippen LogP contribution in [0.5, 0.6) is 0 Å². The fourth-order valence-corrected chi connectivity index (χ4v) is 2.52.